The molecule has 0 unspecified atom stereocenters. The van der Waals surface area contributed by atoms with Gasteiger partial charge in [0.05, 0.1) is 6.61 Å². The van der Waals surface area contributed by atoms with E-state index < -0.39 is 42.9 Å². The summed E-state index contributed by atoms with van der Waals surface area (Å²) >= 11 is 0. The molecular formula is C30H36FN3O4Si. The SMILES string of the molecule is CC1(C)O[C@@]2(CO[Si](c3ccccc3)(c3ccccc3)C(C)(C)C)C=C(F)[C@@H](n3ccc(N)nc3=O)[C@]2(C)O1. The standard InChI is InChI=1S/C30H36FN3O4Si/c1-27(2,3)39(21-13-9-7-10-14-21,22-15-11-8-12-16-22)36-20-30-19-23(31)25(29(30,6)37-28(4,5)38-30)34-18-17-24(32)33-26(34)35/h7-19,25H,20H2,1-6H3,(H2,32,33,35)/t25-,29+,30-/m1/s1. The summed E-state index contributed by atoms with van der Waals surface area (Å²) in [6, 6.07) is 20.8. The molecule has 206 valence electrons. The maximum atomic E-state index is 16.0. The molecule has 1 saturated heterocycles. The fourth-order valence-electron chi connectivity index (χ4n) is 6.39. The smallest absolute Gasteiger partial charge is 0.350 e. The molecule has 3 aromatic rings. The first-order valence-electron chi connectivity index (χ1n) is 13.1. The van der Waals surface area contributed by atoms with Gasteiger partial charge in [-0.15, -0.1) is 0 Å². The van der Waals surface area contributed by atoms with Gasteiger partial charge in [0.1, 0.15) is 28.9 Å². The first-order chi connectivity index (χ1) is 18.2. The number of ether oxygens (including phenoxy) is 2. The van der Waals surface area contributed by atoms with Crippen molar-refractivity contribution >= 4 is 24.5 Å². The van der Waals surface area contributed by atoms with Crippen LogP contribution in [0.3, 0.4) is 0 Å². The summed E-state index contributed by atoms with van der Waals surface area (Å²) in [6.07, 6.45) is 2.87. The van der Waals surface area contributed by atoms with Crippen LogP contribution in [0.15, 0.2) is 89.6 Å². The fraction of sp³-hybridized carbons (Fsp3) is 0.400. The average Bonchev–Trinajstić information content (AvgIpc) is 3.18. The van der Waals surface area contributed by atoms with E-state index in [9.17, 15) is 4.79 Å². The molecule has 1 fully saturated rings. The van der Waals surface area contributed by atoms with Crippen molar-refractivity contribution in [3.63, 3.8) is 0 Å². The summed E-state index contributed by atoms with van der Waals surface area (Å²) in [5, 5.41) is 1.89. The average molecular weight is 550 g/mol. The summed E-state index contributed by atoms with van der Waals surface area (Å²) in [5.41, 5.74) is 2.42. The summed E-state index contributed by atoms with van der Waals surface area (Å²) in [4.78, 5) is 16.7. The van der Waals surface area contributed by atoms with Crippen molar-refractivity contribution in [1.82, 2.24) is 9.55 Å². The van der Waals surface area contributed by atoms with Crippen molar-refractivity contribution in [3.05, 3.63) is 95.3 Å². The molecule has 0 saturated carbocycles. The Morgan fingerprint density at radius 3 is 2.08 bits per heavy atom. The van der Waals surface area contributed by atoms with E-state index in [4.69, 9.17) is 19.6 Å². The molecule has 0 amide bonds. The largest absolute Gasteiger partial charge is 0.404 e. The van der Waals surface area contributed by atoms with Gasteiger partial charge < -0.3 is 19.6 Å². The van der Waals surface area contributed by atoms with E-state index in [0.717, 1.165) is 10.4 Å². The maximum absolute atomic E-state index is 16.0. The Labute approximate surface area is 229 Å². The highest BCUT2D eigenvalue weighted by Gasteiger charge is 2.70. The van der Waals surface area contributed by atoms with Crippen molar-refractivity contribution < 1.29 is 18.3 Å². The number of aromatic nitrogens is 2. The molecule has 7 nitrogen and oxygen atoms in total. The van der Waals surface area contributed by atoms with Crippen molar-refractivity contribution in [2.75, 3.05) is 12.3 Å². The summed E-state index contributed by atoms with van der Waals surface area (Å²) < 4.78 is 37.3. The van der Waals surface area contributed by atoms with Gasteiger partial charge in [-0.3, -0.25) is 4.57 Å². The molecule has 0 radical (unpaired) electrons. The predicted molar refractivity (Wildman–Crippen MR) is 152 cm³/mol. The minimum atomic E-state index is -2.99. The number of anilines is 1. The van der Waals surface area contributed by atoms with Crippen molar-refractivity contribution in [3.8, 4) is 0 Å². The minimum Gasteiger partial charge on any atom is -0.404 e. The van der Waals surface area contributed by atoms with Crippen LogP contribution < -0.4 is 21.8 Å². The van der Waals surface area contributed by atoms with Gasteiger partial charge in [-0.1, -0.05) is 81.4 Å². The topological polar surface area (TPSA) is 88.6 Å². The van der Waals surface area contributed by atoms with E-state index >= 15 is 4.39 Å². The lowest BCUT2D eigenvalue weighted by atomic mass is 9.85. The van der Waals surface area contributed by atoms with Gasteiger partial charge in [-0.05, 0) is 48.3 Å². The Bertz CT molecular complexity index is 1410. The second-order valence-electron chi connectivity index (χ2n) is 12.0. The van der Waals surface area contributed by atoms with Crippen LogP contribution in [0.4, 0.5) is 10.2 Å². The quantitative estimate of drug-likeness (QED) is 0.466. The Morgan fingerprint density at radius 2 is 1.56 bits per heavy atom. The van der Waals surface area contributed by atoms with Crippen LogP contribution in [-0.2, 0) is 13.9 Å². The monoisotopic (exact) mass is 549 g/mol. The second kappa shape index (κ2) is 9.23. The lowest BCUT2D eigenvalue weighted by Gasteiger charge is -2.46. The molecule has 2 aliphatic rings. The Kier molecular flexibility index (Phi) is 6.50. The molecule has 9 heteroatoms. The highest BCUT2D eigenvalue weighted by Crippen LogP contribution is 2.58. The summed E-state index contributed by atoms with van der Waals surface area (Å²) in [5.74, 6) is -1.55. The van der Waals surface area contributed by atoms with E-state index in [1.807, 2.05) is 36.4 Å². The molecule has 2 heterocycles. The molecule has 0 spiro atoms. The third kappa shape index (κ3) is 4.28. The zero-order chi connectivity index (χ0) is 28.3. The van der Waals surface area contributed by atoms with Crippen molar-refractivity contribution in [2.24, 2.45) is 0 Å². The molecule has 1 aliphatic heterocycles. The van der Waals surface area contributed by atoms with Crippen LogP contribution in [0, 0.1) is 0 Å². The Hall–Kier alpha value is -3.11. The normalized spacial score (nSPS) is 26.3. The van der Waals surface area contributed by atoms with Gasteiger partial charge in [0.15, 0.2) is 5.79 Å². The summed E-state index contributed by atoms with van der Waals surface area (Å²) in [6.45, 7) is 11.9. The van der Waals surface area contributed by atoms with Gasteiger partial charge in [-0.25, -0.2) is 9.18 Å². The van der Waals surface area contributed by atoms with E-state index in [0.29, 0.717) is 0 Å². The molecule has 3 atom stereocenters. The van der Waals surface area contributed by atoms with Crippen molar-refractivity contribution in [2.45, 2.75) is 69.6 Å². The third-order valence-electron chi connectivity index (χ3n) is 7.93. The number of nitrogen functional groups attached to an aromatic ring is 1. The number of hydrogen-bond acceptors (Lipinski definition) is 6. The Morgan fingerprint density at radius 1 is 1.00 bits per heavy atom. The van der Waals surface area contributed by atoms with Gasteiger partial charge in [0.2, 0.25) is 0 Å². The minimum absolute atomic E-state index is 0.0152. The van der Waals surface area contributed by atoms with Gasteiger partial charge in [-0.2, -0.15) is 4.98 Å². The first kappa shape index (κ1) is 27.5. The molecule has 1 aromatic heterocycles. The molecule has 2 aromatic carbocycles. The van der Waals surface area contributed by atoms with Crippen LogP contribution in [0.2, 0.25) is 5.04 Å². The molecular weight excluding hydrogens is 513 g/mol. The van der Waals surface area contributed by atoms with Crippen LogP contribution in [-0.4, -0.2) is 41.5 Å². The van der Waals surface area contributed by atoms with Crippen molar-refractivity contribution in [1.29, 1.82) is 0 Å². The van der Waals surface area contributed by atoms with Crippen LogP contribution in [0.25, 0.3) is 0 Å². The first-order valence-corrected chi connectivity index (χ1v) is 15.0. The number of hydrogen-bond donors (Lipinski definition) is 1. The van der Waals surface area contributed by atoms with Crippen LogP contribution in [0.1, 0.15) is 47.6 Å². The van der Waals surface area contributed by atoms with E-state index in [-0.39, 0.29) is 17.5 Å². The maximum Gasteiger partial charge on any atom is 0.350 e. The molecule has 1 aliphatic carbocycles. The zero-order valence-corrected chi connectivity index (χ0v) is 24.3. The lowest BCUT2D eigenvalue weighted by molar-refractivity contribution is -0.173. The van der Waals surface area contributed by atoms with Crippen LogP contribution in [0.5, 0.6) is 0 Å². The second-order valence-corrected chi connectivity index (χ2v) is 16.3. The third-order valence-corrected chi connectivity index (χ3v) is 12.9. The number of benzene rings is 2. The number of rotatable bonds is 6. The number of nitrogens with zero attached hydrogens (tertiary/aromatic N) is 2. The summed E-state index contributed by atoms with van der Waals surface area (Å²) in [7, 11) is -2.99. The molecule has 5 rings (SSSR count). The van der Waals surface area contributed by atoms with Crippen LogP contribution >= 0.6 is 0 Å². The van der Waals surface area contributed by atoms with E-state index in [1.165, 1.54) is 22.9 Å². The number of halogens is 1. The molecule has 0 bridgehead atoms. The Balaban J connectivity index is 1.65. The van der Waals surface area contributed by atoms with Gasteiger partial charge in [0.25, 0.3) is 8.32 Å². The predicted octanol–water partition coefficient (Wildman–Crippen LogP) is 4.09. The van der Waals surface area contributed by atoms with Gasteiger partial charge >= 0.3 is 5.69 Å². The fourth-order valence-corrected chi connectivity index (χ4v) is 11.0. The zero-order valence-electron chi connectivity index (χ0n) is 23.3. The highest BCUT2D eigenvalue weighted by molar-refractivity contribution is 6.99. The van der Waals surface area contributed by atoms with E-state index in [1.54, 1.807) is 20.8 Å². The number of fused-ring (bicyclic) bond motifs is 1. The number of nitrogens with two attached hydrogens (primary N) is 1. The van der Waals surface area contributed by atoms with Gasteiger partial charge in [0, 0.05) is 6.20 Å². The lowest BCUT2D eigenvalue weighted by Crippen LogP contribution is -2.68. The molecule has 2 N–H and O–H groups in total. The molecule has 39 heavy (non-hydrogen) atoms. The highest BCUT2D eigenvalue weighted by atomic mass is 28.4. The van der Waals surface area contributed by atoms with E-state index in [2.05, 4.69) is 50.0 Å².